The summed E-state index contributed by atoms with van der Waals surface area (Å²) in [4.78, 5) is 13.7. The van der Waals surface area contributed by atoms with Gasteiger partial charge in [0.25, 0.3) is 0 Å². The Kier molecular flexibility index (Phi) is 4.86. The minimum Gasteiger partial charge on any atom is -0.379 e. The topological polar surface area (TPSA) is 68.1 Å². The lowest BCUT2D eigenvalue weighted by molar-refractivity contribution is 0.312. The quantitative estimate of drug-likeness (QED) is 0.773. The number of rotatable bonds is 4. The van der Waals surface area contributed by atoms with Gasteiger partial charge in [0.15, 0.2) is 0 Å². The molecule has 0 amide bonds. The molecule has 0 spiro atoms. The number of pyridine rings is 2. The van der Waals surface area contributed by atoms with E-state index in [1.54, 1.807) is 6.20 Å². The minimum absolute atomic E-state index is 0.554. The molecule has 1 aromatic carbocycles. The van der Waals surface area contributed by atoms with Gasteiger partial charge >= 0.3 is 0 Å². The van der Waals surface area contributed by atoms with Crippen LogP contribution in [0.25, 0.3) is 10.9 Å². The molecule has 3 heterocycles. The molecule has 0 atom stereocenters. The van der Waals surface area contributed by atoms with Crippen molar-refractivity contribution in [3.63, 3.8) is 0 Å². The largest absolute Gasteiger partial charge is 0.379 e. The van der Waals surface area contributed by atoms with Crippen LogP contribution in [0.1, 0.15) is 11.1 Å². The van der Waals surface area contributed by atoms with Crippen LogP contribution in [0.3, 0.4) is 0 Å². The molecule has 136 valence electrons. The summed E-state index contributed by atoms with van der Waals surface area (Å²) in [5.41, 5.74) is 3.39. The van der Waals surface area contributed by atoms with Crippen LogP contribution < -0.4 is 10.2 Å². The Balaban J connectivity index is 1.62. The first kappa shape index (κ1) is 17.3. The first-order valence-corrected chi connectivity index (χ1v) is 9.15. The highest BCUT2D eigenvalue weighted by Gasteiger charge is 2.18. The molecular weight excluding hydrogens is 336 g/mol. The molecule has 1 aliphatic rings. The minimum atomic E-state index is 0.554. The lowest BCUT2D eigenvalue weighted by Gasteiger charge is -2.34. The molecule has 3 aromatic rings. The Hall–Kier alpha value is -3.17. The van der Waals surface area contributed by atoms with E-state index in [1.165, 1.54) is 0 Å². The van der Waals surface area contributed by atoms with E-state index in [2.05, 4.69) is 44.3 Å². The van der Waals surface area contributed by atoms with Crippen LogP contribution in [0, 0.1) is 11.3 Å². The van der Waals surface area contributed by atoms with Crippen LogP contribution in [0.5, 0.6) is 0 Å². The Labute approximate surface area is 159 Å². The Morgan fingerprint density at radius 1 is 1.07 bits per heavy atom. The fourth-order valence-electron chi connectivity index (χ4n) is 3.47. The van der Waals surface area contributed by atoms with Gasteiger partial charge in [-0.25, -0.2) is 4.98 Å². The summed E-state index contributed by atoms with van der Waals surface area (Å²) in [6, 6.07) is 14.2. The molecular formula is C21H22N6. The second-order valence-corrected chi connectivity index (χ2v) is 6.81. The molecule has 1 fully saturated rings. The first-order valence-electron chi connectivity index (χ1n) is 9.15. The van der Waals surface area contributed by atoms with E-state index in [1.807, 2.05) is 36.5 Å². The lowest BCUT2D eigenvalue weighted by Crippen LogP contribution is -2.45. The third-order valence-corrected chi connectivity index (χ3v) is 5.02. The smallest absolute Gasteiger partial charge is 0.133 e. The zero-order chi connectivity index (χ0) is 18.6. The second kappa shape index (κ2) is 7.60. The summed E-state index contributed by atoms with van der Waals surface area (Å²) in [6.45, 7) is 4.64. The molecule has 0 aliphatic carbocycles. The van der Waals surface area contributed by atoms with Crippen molar-refractivity contribution in [2.24, 2.45) is 0 Å². The van der Waals surface area contributed by atoms with Crippen LogP contribution in [-0.4, -0.2) is 48.1 Å². The number of likely N-dealkylation sites (N-methyl/N-ethyl adjacent to an activating group) is 1. The van der Waals surface area contributed by atoms with Crippen LogP contribution in [0.15, 0.2) is 48.8 Å². The second-order valence-electron chi connectivity index (χ2n) is 6.81. The number of nitriles is 1. The van der Waals surface area contributed by atoms with Crippen molar-refractivity contribution in [1.82, 2.24) is 14.9 Å². The van der Waals surface area contributed by atoms with E-state index >= 15 is 0 Å². The van der Waals surface area contributed by atoms with Crippen LogP contribution in [0.4, 0.5) is 11.5 Å². The number of aromatic nitrogens is 2. The SMILES string of the molecule is CN1CCN(c2ncccc2CNc2c(C#N)cnc3ccccc23)CC1. The van der Waals surface area contributed by atoms with Crippen LogP contribution in [0.2, 0.25) is 0 Å². The van der Waals surface area contributed by atoms with Crippen molar-refractivity contribution in [3.8, 4) is 6.07 Å². The maximum atomic E-state index is 9.50. The molecule has 1 N–H and O–H groups in total. The molecule has 1 saturated heterocycles. The third kappa shape index (κ3) is 3.55. The standard InChI is InChI=1S/C21H22N6/c1-26-9-11-27(12-10-26)21-16(5-4-8-23-21)14-25-20-17(13-22)15-24-19-7-3-2-6-18(19)20/h2-8,15H,9-12,14H2,1H3,(H,24,25). The predicted molar refractivity (Wildman–Crippen MR) is 108 cm³/mol. The Morgan fingerprint density at radius 3 is 2.70 bits per heavy atom. The van der Waals surface area contributed by atoms with Gasteiger partial charge in [0.2, 0.25) is 0 Å². The number of benzene rings is 1. The summed E-state index contributed by atoms with van der Waals surface area (Å²) in [5, 5.41) is 13.9. The number of piperazine rings is 1. The average molecular weight is 358 g/mol. The predicted octanol–water partition coefficient (Wildman–Crippen LogP) is 2.87. The lowest BCUT2D eigenvalue weighted by atomic mass is 10.1. The van der Waals surface area contributed by atoms with Gasteiger partial charge in [0.1, 0.15) is 11.9 Å². The fraction of sp³-hybridized carbons (Fsp3) is 0.286. The van der Waals surface area contributed by atoms with E-state index in [-0.39, 0.29) is 0 Å². The van der Waals surface area contributed by atoms with Crippen molar-refractivity contribution in [3.05, 3.63) is 59.9 Å². The summed E-state index contributed by atoms with van der Waals surface area (Å²) >= 11 is 0. The number of hydrogen-bond acceptors (Lipinski definition) is 6. The van der Waals surface area contributed by atoms with Crippen molar-refractivity contribution in [2.45, 2.75) is 6.54 Å². The molecule has 1 aliphatic heterocycles. The molecule has 2 aromatic heterocycles. The van der Waals surface area contributed by atoms with E-state index in [4.69, 9.17) is 0 Å². The number of fused-ring (bicyclic) bond motifs is 1. The molecule has 0 bridgehead atoms. The normalized spacial score (nSPS) is 14.9. The van der Waals surface area contributed by atoms with Crippen LogP contribution in [-0.2, 0) is 6.54 Å². The number of nitrogens with one attached hydrogen (secondary N) is 1. The highest BCUT2D eigenvalue weighted by molar-refractivity contribution is 5.93. The van der Waals surface area contributed by atoms with E-state index in [0.717, 1.165) is 54.2 Å². The van der Waals surface area contributed by atoms with E-state index in [9.17, 15) is 5.26 Å². The van der Waals surface area contributed by atoms with Gasteiger partial charge in [-0.1, -0.05) is 24.3 Å². The van der Waals surface area contributed by atoms with Gasteiger partial charge in [-0.15, -0.1) is 0 Å². The van der Waals surface area contributed by atoms with Gasteiger partial charge in [-0.2, -0.15) is 5.26 Å². The monoisotopic (exact) mass is 358 g/mol. The average Bonchev–Trinajstić information content (AvgIpc) is 2.72. The molecule has 0 saturated carbocycles. The van der Waals surface area contributed by atoms with Gasteiger partial charge in [0.05, 0.1) is 16.8 Å². The molecule has 6 heteroatoms. The third-order valence-electron chi connectivity index (χ3n) is 5.02. The maximum Gasteiger partial charge on any atom is 0.133 e. The number of para-hydroxylation sites is 1. The Morgan fingerprint density at radius 2 is 1.89 bits per heavy atom. The summed E-state index contributed by atoms with van der Waals surface area (Å²) in [6.07, 6.45) is 3.48. The molecule has 6 nitrogen and oxygen atoms in total. The number of hydrogen-bond donors (Lipinski definition) is 1. The zero-order valence-corrected chi connectivity index (χ0v) is 15.4. The molecule has 4 rings (SSSR count). The van der Waals surface area contributed by atoms with Gasteiger partial charge in [-0.05, 0) is 19.2 Å². The number of anilines is 2. The van der Waals surface area contributed by atoms with Gasteiger partial charge < -0.3 is 15.1 Å². The number of nitrogens with zero attached hydrogens (tertiary/aromatic N) is 5. The molecule has 0 radical (unpaired) electrons. The highest BCUT2D eigenvalue weighted by atomic mass is 15.3. The molecule has 27 heavy (non-hydrogen) atoms. The van der Waals surface area contributed by atoms with Gasteiger partial charge in [0, 0.05) is 56.1 Å². The maximum absolute atomic E-state index is 9.50. The van der Waals surface area contributed by atoms with Crippen LogP contribution >= 0.6 is 0 Å². The molecule has 0 unspecified atom stereocenters. The van der Waals surface area contributed by atoms with Crippen molar-refractivity contribution < 1.29 is 0 Å². The van der Waals surface area contributed by atoms with Crippen molar-refractivity contribution in [2.75, 3.05) is 43.4 Å². The zero-order valence-electron chi connectivity index (χ0n) is 15.4. The van der Waals surface area contributed by atoms with Gasteiger partial charge in [-0.3, -0.25) is 4.98 Å². The van der Waals surface area contributed by atoms with E-state index in [0.29, 0.717) is 12.1 Å². The highest BCUT2D eigenvalue weighted by Crippen LogP contribution is 2.27. The van der Waals surface area contributed by atoms with E-state index < -0.39 is 0 Å². The van der Waals surface area contributed by atoms with Crippen molar-refractivity contribution >= 4 is 22.4 Å². The fourth-order valence-corrected chi connectivity index (χ4v) is 3.47. The van der Waals surface area contributed by atoms with Crippen molar-refractivity contribution in [1.29, 1.82) is 5.26 Å². The summed E-state index contributed by atoms with van der Waals surface area (Å²) in [5.74, 6) is 1.02. The summed E-state index contributed by atoms with van der Waals surface area (Å²) < 4.78 is 0. The first-order chi connectivity index (χ1) is 13.3. The summed E-state index contributed by atoms with van der Waals surface area (Å²) in [7, 11) is 2.15. The Bertz CT molecular complexity index is 985.